The lowest BCUT2D eigenvalue weighted by atomic mass is 9.98. The second-order valence-corrected chi connectivity index (χ2v) is 5.34. The molecule has 2 bridgehead atoms. The fraction of sp³-hybridized carbons (Fsp3) is 0.769. The van der Waals surface area contributed by atoms with Gasteiger partial charge in [-0.25, -0.2) is 0 Å². The van der Waals surface area contributed by atoms with Crippen LogP contribution in [0.5, 0.6) is 0 Å². The summed E-state index contributed by atoms with van der Waals surface area (Å²) in [5.41, 5.74) is 6.76. The first-order valence-electron chi connectivity index (χ1n) is 6.44. The Labute approximate surface area is 107 Å². The van der Waals surface area contributed by atoms with E-state index in [1.807, 2.05) is 19.9 Å². The molecule has 2 aliphatic carbocycles. The molecule has 5 heteroatoms. The predicted molar refractivity (Wildman–Crippen MR) is 65.5 cm³/mol. The lowest BCUT2D eigenvalue weighted by molar-refractivity contribution is -0.241. The van der Waals surface area contributed by atoms with Gasteiger partial charge in [0.05, 0.1) is 12.7 Å². The molecule has 2 aliphatic rings. The van der Waals surface area contributed by atoms with Crippen LogP contribution in [0.25, 0.3) is 0 Å². The van der Waals surface area contributed by atoms with Gasteiger partial charge in [-0.05, 0) is 39.2 Å². The molecular weight excluding hydrogens is 234 g/mol. The van der Waals surface area contributed by atoms with E-state index in [4.69, 9.17) is 20.3 Å². The third-order valence-corrected chi connectivity index (χ3v) is 3.48. The van der Waals surface area contributed by atoms with Crippen molar-refractivity contribution in [1.29, 1.82) is 0 Å². The van der Waals surface area contributed by atoms with Gasteiger partial charge in [-0.3, -0.25) is 4.79 Å². The Morgan fingerprint density at radius 1 is 1.67 bits per heavy atom. The molecule has 0 saturated heterocycles. The van der Waals surface area contributed by atoms with Crippen LogP contribution in [0.1, 0.15) is 33.1 Å². The zero-order valence-electron chi connectivity index (χ0n) is 10.9. The Balaban J connectivity index is 2.15. The monoisotopic (exact) mass is 255 g/mol. The molecular formula is C13H21NO4. The largest absolute Gasteiger partial charge is 0.428 e. The van der Waals surface area contributed by atoms with Gasteiger partial charge < -0.3 is 20.3 Å². The van der Waals surface area contributed by atoms with Crippen molar-refractivity contribution in [1.82, 2.24) is 0 Å². The highest BCUT2D eigenvalue weighted by Gasteiger charge is 2.50. The second-order valence-electron chi connectivity index (χ2n) is 5.34. The summed E-state index contributed by atoms with van der Waals surface area (Å²) >= 11 is 0. The summed E-state index contributed by atoms with van der Waals surface area (Å²) in [5.74, 6) is -1.39. The quantitative estimate of drug-likeness (QED) is 0.429. The number of fused-ring (bicyclic) bond motifs is 2. The number of ether oxygens (including phenoxy) is 2. The Bertz CT molecular complexity index is 366. The Hall–Kier alpha value is -0.910. The maximum atomic E-state index is 11.8. The average Bonchev–Trinajstić information content (AvgIpc) is 2.86. The van der Waals surface area contributed by atoms with Crippen LogP contribution in [-0.4, -0.2) is 35.6 Å². The fourth-order valence-corrected chi connectivity index (χ4v) is 2.70. The highest BCUT2D eigenvalue weighted by Crippen LogP contribution is 2.49. The van der Waals surface area contributed by atoms with E-state index in [0.29, 0.717) is 0 Å². The van der Waals surface area contributed by atoms with E-state index in [9.17, 15) is 4.79 Å². The minimum atomic E-state index is -1.00. The van der Waals surface area contributed by atoms with Crippen molar-refractivity contribution in [2.75, 3.05) is 6.61 Å². The first kappa shape index (κ1) is 13.5. The van der Waals surface area contributed by atoms with Crippen molar-refractivity contribution >= 4 is 5.97 Å². The molecule has 5 nitrogen and oxygen atoms in total. The number of rotatable bonds is 5. The van der Waals surface area contributed by atoms with Crippen molar-refractivity contribution in [3.63, 3.8) is 0 Å². The number of esters is 1. The van der Waals surface area contributed by atoms with Crippen molar-refractivity contribution in [3.05, 3.63) is 11.6 Å². The number of allylic oxidation sites excluding steroid dienone is 1. The van der Waals surface area contributed by atoms with Gasteiger partial charge in [0.15, 0.2) is 0 Å². The summed E-state index contributed by atoms with van der Waals surface area (Å²) in [6, 6.07) is -1.00. The van der Waals surface area contributed by atoms with Crippen LogP contribution in [-0.2, 0) is 14.3 Å². The van der Waals surface area contributed by atoms with Crippen LogP contribution in [0.15, 0.2) is 11.6 Å². The van der Waals surface area contributed by atoms with Gasteiger partial charge in [0.1, 0.15) is 6.04 Å². The first-order valence-corrected chi connectivity index (χ1v) is 6.44. The minimum absolute atomic E-state index is 0.0423. The lowest BCUT2D eigenvalue weighted by Crippen LogP contribution is -2.48. The molecule has 102 valence electrons. The van der Waals surface area contributed by atoms with Crippen molar-refractivity contribution in [2.45, 2.75) is 51.0 Å². The number of carbonyl (C=O) groups is 1. The van der Waals surface area contributed by atoms with Crippen molar-refractivity contribution < 1.29 is 19.4 Å². The number of aliphatic hydroxyl groups is 1. The molecule has 3 atom stereocenters. The normalized spacial score (nSPS) is 31.6. The van der Waals surface area contributed by atoms with E-state index in [1.165, 1.54) is 5.57 Å². The minimum Gasteiger partial charge on any atom is -0.428 e. The number of hydrogen-bond acceptors (Lipinski definition) is 5. The Morgan fingerprint density at radius 3 is 2.83 bits per heavy atom. The van der Waals surface area contributed by atoms with E-state index < -0.39 is 24.4 Å². The average molecular weight is 255 g/mol. The van der Waals surface area contributed by atoms with Crippen LogP contribution in [0.3, 0.4) is 0 Å². The molecule has 0 aromatic rings. The molecule has 0 aliphatic heterocycles. The SMILES string of the molecule is CC(C)OC1(OC(=O)[C@@H](N)CO)C=C2CCC1C2. The topological polar surface area (TPSA) is 81.8 Å². The van der Waals surface area contributed by atoms with Gasteiger partial charge in [0, 0.05) is 5.92 Å². The van der Waals surface area contributed by atoms with Crippen LogP contribution in [0.4, 0.5) is 0 Å². The summed E-state index contributed by atoms with van der Waals surface area (Å²) in [6.07, 6.45) is 4.83. The summed E-state index contributed by atoms with van der Waals surface area (Å²) in [4.78, 5) is 11.8. The summed E-state index contributed by atoms with van der Waals surface area (Å²) in [5, 5.41) is 8.89. The maximum Gasteiger partial charge on any atom is 0.328 e. The van der Waals surface area contributed by atoms with E-state index in [0.717, 1.165) is 19.3 Å². The molecule has 0 spiro atoms. The van der Waals surface area contributed by atoms with E-state index in [-0.39, 0.29) is 12.0 Å². The highest BCUT2D eigenvalue weighted by atomic mass is 16.7. The molecule has 1 saturated carbocycles. The zero-order chi connectivity index (χ0) is 13.3. The Morgan fingerprint density at radius 2 is 2.39 bits per heavy atom. The molecule has 0 radical (unpaired) electrons. The molecule has 2 rings (SSSR count). The maximum absolute atomic E-state index is 11.8. The standard InChI is InChI=1S/C13H21NO4/c1-8(2)17-13(18-12(16)11(14)7-15)6-9-3-4-10(13)5-9/h6,8,10-11,15H,3-5,7,14H2,1-2H3/t10?,11-,13?/m0/s1. The van der Waals surface area contributed by atoms with Gasteiger partial charge in [0.2, 0.25) is 5.79 Å². The fourth-order valence-electron chi connectivity index (χ4n) is 2.70. The number of nitrogens with two attached hydrogens (primary N) is 1. The molecule has 0 heterocycles. The molecule has 0 amide bonds. The summed E-state index contributed by atoms with van der Waals surface area (Å²) in [7, 11) is 0. The van der Waals surface area contributed by atoms with Crippen LogP contribution in [0.2, 0.25) is 0 Å². The zero-order valence-corrected chi connectivity index (χ0v) is 10.9. The van der Waals surface area contributed by atoms with Gasteiger partial charge in [-0.2, -0.15) is 0 Å². The van der Waals surface area contributed by atoms with Crippen molar-refractivity contribution in [3.8, 4) is 0 Å². The first-order chi connectivity index (χ1) is 8.47. The van der Waals surface area contributed by atoms with Crippen LogP contribution < -0.4 is 5.73 Å². The van der Waals surface area contributed by atoms with Gasteiger partial charge in [-0.15, -0.1) is 0 Å². The molecule has 18 heavy (non-hydrogen) atoms. The van der Waals surface area contributed by atoms with Gasteiger partial charge in [0.25, 0.3) is 0 Å². The van der Waals surface area contributed by atoms with Crippen LogP contribution in [0, 0.1) is 5.92 Å². The van der Waals surface area contributed by atoms with Gasteiger partial charge >= 0.3 is 5.97 Å². The highest BCUT2D eigenvalue weighted by molar-refractivity contribution is 5.76. The van der Waals surface area contributed by atoms with Crippen molar-refractivity contribution in [2.24, 2.45) is 11.7 Å². The Kier molecular flexibility index (Phi) is 3.75. The molecule has 0 aromatic heterocycles. The van der Waals surface area contributed by atoms with E-state index >= 15 is 0 Å². The third kappa shape index (κ3) is 2.43. The van der Waals surface area contributed by atoms with Crippen LogP contribution >= 0.6 is 0 Å². The smallest absolute Gasteiger partial charge is 0.328 e. The molecule has 1 fully saturated rings. The van der Waals surface area contributed by atoms with Gasteiger partial charge in [-0.1, -0.05) is 5.57 Å². The summed E-state index contributed by atoms with van der Waals surface area (Å²) < 4.78 is 11.3. The number of carbonyl (C=O) groups excluding carboxylic acids is 1. The lowest BCUT2D eigenvalue weighted by Gasteiger charge is -2.36. The number of hydrogen-bond donors (Lipinski definition) is 2. The van der Waals surface area contributed by atoms with E-state index in [2.05, 4.69) is 0 Å². The predicted octanol–water partition coefficient (Wildman–Crippen LogP) is 0.711. The van der Waals surface area contributed by atoms with E-state index in [1.54, 1.807) is 0 Å². The molecule has 3 N–H and O–H groups in total. The summed E-state index contributed by atoms with van der Waals surface area (Å²) in [6.45, 7) is 3.40. The molecule has 0 aromatic carbocycles. The number of aliphatic hydroxyl groups excluding tert-OH is 1. The third-order valence-electron chi connectivity index (χ3n) is 3.48. The second kappa shape index (κ2) is 4.99. The molecule has 2 unspecified atom stereocenters.